The zero-order valence-corrected chi connectivity index (χ0v) is 15.0. The standard InChI is InChI=1S/C16H13F7N2O2S/c1-2-28-13-5-10(8-26)3-4-12(13)25-7-11(6-24-25)27-9-14(17,18)15(19,20)16(21,22)23/h3-8H,2,9H2,1H3. The van der Waals surface area contributed by atoms with E-state index in [2.05, 4.69) is 9.84 Å². The monoisotopic (exact) mass is 430 g/mol. The molecule has 0 unspecified atom stereocenters. The molecular weight excluding hydrogens is 417 g/mol. The molecule has 1 aromatic heterocycles. The van der Waals surface area contributed by atoms with E-state index in [0.29, 0.717) is 28.2 Å². The van der Waals surface area contributed by atoms with Crippen molar-refractivity contribution in [1.29, 1.82) is 0 Å². The molecule has 28 heavy (non-hydrogen) atoms. The first-order valence-corrected chi connectivity index (χ1v) is 8.63. The Labute approximate surface area is 158 Å². The number of aldehydes is 1. The van der Waals surface area contributed by atoms with Crippen molar-refractivity contribution >= 4 is 18.0 Å². The predicted octanol–water partition coefficient (Wildman–Crippen LogP) is 5.01. The van der Waals surface area contributed by atoms with Crippen molar-refractivity contribution in [2.24, 2.45) is 0 Å². The van der Waals surface area contributed by atoms with Gasteiger partial charge in [-0.05, 0) is 24.0 Å². The first kappa shape index (κ1) is 22.1. The molecule has 0 aliphatic heterocycles. The molecule has 0 N–H and O–H groups in total. The second-order valence-corrected chi connectivity index (χ2v) is 6.77. The molecule has 0 bridgehead atoms. The van der Waals surface area contributed by atoms with Gasteiger partial charge in [-0.1, -0.05) is 6.92 Å². The van der Waals surface area contributed by atoms with Crippen molar-refractivity contribution in [1.82, 2.24) is 9.78 Å². The number of halogens is 7. The van der Waals surface area contributed by atoms with Gasteiger partial charge in [0.15, 0.2) is 12.4 Å². The van der Waals surface area contributed by atoms with E-state index in [4.69, 9.17) is 0 Å². The first-order chi connectivity index (χ1) is 12.9. The molecular formula is C16H13F7N2O2S. The summed E-state index contributed by atoms with van der Waals surface area (Å²) >= 11 is 1.35. The lowest BCUT2D eigenvalue weighted by Crippen LogP contribution is -2.54. The number of aromatic nitrogens is 2. The maximum Gasteiger partial charge on any atom is 0.460 e. The highest BCUT2D eigenvalue weighted by Gasteiger charge is 2.73. The van der Waals surface area contributed by atoms with E-state index in [1.165, 1.54) is 28.6 Å². The smallest absolute Gasteiger partial charge is 0.460 e. The lowest BCUT2D eigenvalue weighted by molar-refractivity contribution is -0.358. The lowest BCUT2D eigenvalue weighted by atomic mass is 10.2. The maximum atomic E-state index is 13.3. The van der Waals surface area contributed by atoms with Gasteiger partial charge in [-0.3, -0.25) is 4.79 Å². The van der Waals surface area contributed by atoms with E-state index >= 15 is 0 Å². The second-order valence-electron chi connectivity index (χ2n) is 5.46. The van der Waals surface area contributed by atoms with Crippen LogP contribution in [-0.4, -0.2) is 46.4 Å². The average molecular weight is 430 g/mol. The van der Waals surface area contributed by atoms with Gasteiger partial charge in [-0.2, -0.15) is 35.8 Å². The summed E-state index contributed by atoms with van der Waals surface area (Å²) in [6.07, 6.45) is -3.84. The van der Waals surface area contributed by atoms with E-state index < -0.39 is 30.4 Å². The number of alkyl halides is 7. The Morgan fingerprint density at radius 3 is 2.43 bits per heavy atom. The number of thioether (sulfide) groups is 1. The van der Waals surface area contributed by atoms with Gasteiger partial charge in [0, 0.05) is 10.5 Å². The molecule has 0 saturated heterocycles. The highest BCUT2D eigenvalue weighted by atomic mass is 32.2. The largest absolute Gasteiger partial charge is 0.484 e. The van der Waals surface area contributed by atoms with Crippen LogP contribution in [0.1, 0.15) is 17.3 Å². The number of ether oxygens (including phenoxy) is 1. The Morgan fingerprint density at radius 2 is 1.86 bits per heavy atom. The number of nitrogens with zero attached hydrogens (tertiary/aromatic N) is 2. The van der Waals surface area contributed by atoms with Crippen molar-refractivity contribution < 1.29 is 40.3 Å². The van der Waals surface area contributed by atoms with Crippen molar-refractivity contribution in [3.63, 3.8) is 0 Å². The van der Waals surface area contributed by atoms with Gasteiger partial charge in [0.05, 0.1) is 18.1 Å². The van der Waals surface area contributed by atoms with Gasteiger partial charge < -0.3 is 4.74 Å². The van der Waals surface area contributed by atoms with E-state index in [9.17, 15) is 35.5 Å². The van der Waals surface area contributed by atoms with E-state index in [0.717, 1.165) is 12.4 Å². The fourth-order valence-corrected chi connectivity index (χ4v) is 2.89. The molecule has 154 valence electrons. The number of benzene rings is 1. The third-order valence-corrected chi connectivity index (χ3v) is 4.39. The Morgan fingerprint density at radius 1 is 1.18 bits per heavy atom. The van der Waals surface area contributed by atoms with Gasteiger partial charge >= 0.3 is 18.0 Å². The van der Waals surface area contributed by atoms with Crippen LogP contribution in [0.15, 0.2) is 35.5 Å². The molecule has 0 atom stereocenters. The van der Waals surface area contributed by atoms with Crippen LogP contribution >= 0.6 is 11.8 Å². The van der Waals surface area contributed by atoms with Crippen LogP contribution in [0.2, 0.25) is 0 Å². The van der Waals surface area contributed by atoms with Gasteiger partial charge in [-0.15, -0.1) is 11.8 Å². The molecule has 0 amide bonds. The molecule has 1 aromatic carbocycles. The minimum absolute atomic E-state index is 0.386. The molecule has 2 rings (SSSR count). The third-order valence-electron chi connectivity index (χ3n) is 3.46. The van der Waals surface area contributed by atoms with Gasteiger partial charge in [0.25, 0.3) is 0 Å². The summed E-state index contributed by atoms with van der Waals surface area (Å²) in [5.41, 5.74) is 0.831. The summed E-state index contributed by atoms with van der Waals surface area (Å²) in [6.45, 7) is -0.339. The Kier molecular flexibility index (Phi) is 6.31. The maximum absolute atomic E-state index is 13.3. The molecule has 0 aliphatic carbocycles. The third kappa shape index (κ3) is 4.42. The van der Waals surface area contributed by atoms with Gasteiger partial charge in [-0.25, -0.2) is 4.68 Å². The summed E-state index contributed by atoms with van der Waals surface area (Å²) < 4.78 is 94.4. The van der Waals surface area contributed by atoms with Crippen LogP contribution in [0.3, 0.4) is 0 Å². The van der Waals surface area contributed by atoms with Crippen LogP contribution in [0, 0.1) is 0 Å². The highest BCUT2D eigenvalue weighted by molar-refractivity contribution is 7.99. The Bertz CT molecular complexity index is 837. The Hall–Kier alpha value is -2.24. The number of carbonyl (C=O) groups excluding carboxylic acids is 1. The van der Waals surface area contributed by atoms with Crippen LogP contribution in [-0.2, 0) is 0 Å². The van der Waals surface area contributed by atoms with E-state index in [1.807, 2.05) is 6.92 Å². The second kappa shape index (κ2) is 8.02. The summed E-state index contributed by atoms with van der Waals surface area (Å²) in [7, 11) is 0. The van der Waals surface area contributed by atoms with Crippen LogP contribution in [0.25, 0.3) is 5.69 Å². The highest BCUT2D eigenvalue weighted by Crippen LogP contribution is 2.46. The number of carbonyl (C=O) groups is 1. The summed E-state index contributed by atoms with van der Waals surface area (Å²) in [6, 6.07) is 4.56. The first-order valence-electron chi connectivity index (χ1n) is 7.65. The average Bonchev–Trinajstić information content (AvgIpc) is 3.08. The number of hydrogen-bond acceptors (Lipinski definition) is 4. The van der Waals surface area contributed by atoms with Gasteiger partial charge in [0.1, 0.15) is 6.29 Å². The molecule has 1 heterocycles. The fourth-order valence-electron chi connectivity index (χ4n) is 2.05. The summed E-state index contributed by atoms with van der Waals surface area (Å²) in [5.74, 6) is -11.5. The summed E-state index contributed by atoms with van der Waals surface area (Å²) in [4.78, 5) is 11.5. The predicted molar refractivity (Wildman–Crippen MR) is 86.8 cm³/mol. The van der Waals surface area contributed by atoms with Crippen LogP contribution in [0.5, 0.6) is 5.75 Å². The van der Waals surface area contributed by atoms with Crippen molar-refractivity contribution in [3.8, 4) is 11.4 Å². The number of rotatable bonds is 8. The van der Waals surface area contributed by atoms with Crippen LogP contribution in [0.4, 0.5) is 30.7 Å². The molecule has 12 heteroatoms. The minimum Gasteiger partial charge on any atom is -0.484 e. The lowest BCUT2D eigenvalue weighted by Gasteiger charge is -2.27. The molecule has 4 nitrogen and oxygen atoms in total. The molecule has 2 aromatic rings. The zero-order valence-electron chi connectivity index (χ0n) is 14.1. The van der Waals surface area contributed by atoms with E-state index in [-0.39, 0.29) is 0 Å². The normalized spacial score (nSPS) is 12.9. The fraction of sp³-hybridized carbons (Fsp3) is 0.375. The topological polar surface area (TPSA) is 44.1 Å². The van der Waals surface area contributed by atoms with Crippen molar-refractivity contribution in [2.45, 2.75) is 29.8 Å². The minimum atomic E-state index is -6.42. The zero-order chi connectivity index (χ0) is 21.2. The molecule has 0 saturated carbocycles. The van der Waals surface area contributed by atoms with Crippen LogP contribution < -0.4 is 4.74 Å². The molecule has 0 aliphatic rings. The molecule has 0 fully saturated rings. The van der Waals surface area contributed by atoms with Gasteiger partial charge in [0.2, 0.25) is 0 Å². The summed E-state index contributed by atoms with van der Waals surface area (Å²) in [5, 5.41) is 3.83. The Balaban J connectivity index is 2.20. The van der Waals surface area contributed by atoms with Crippen molar-refractivity contribution in [3.05, 3.63) is 36.2 Å². The molecule has 0 spiro atoms. The van der Waals surface area contributed by atoms with E-state index in [1.54, 1.807) is 6.07 Å². The quantitative estimate of drug-likeness (QED) is 0.336. The van der Waals surface area contributed by atoms with Crippen molar-refractivity contribution in [2.75, 3.05) is 12.4 Å². The number of hydrogen-bond donors (Lipinski definition) is 0. The SMILES string of the molecule is CCSc1cc(C=O)ccc1-n1cc(OCC(F)(F)C(F)(F)C(F)(F)F)cn1. The molecule has 0 radical (unpaired) electrons.